The van der Waals surface area contributed by atoms with Gasteiger partial charge in [0.2, 0.25) is 5.91 Å². The summed E-state index contributed by atoms with van der Waals surface area (Å²) in [6, 6.07) is 4.28. The summed E-state index contributed by atoms with van der Waals surface area (Å²) < 4.78 is 0. The molecule has 1 aliphatic rings. The van der Waals surface area contributed by atoms with Crippen molar-refractivity contribution >= 4 is 17.2 Å². The van der Waals surface area contributed by atoms with E-state index >= 15 is 0 Å². The van der Waals surface area contributed by atoms with Gasteiger partial charge in [0, 0.05) is 15.8 Å². The van der Waals surface area contributed by atoms with Crippen molar-refractivity contribution < 1.29 is 9.90 Å². The first kappa shape index (κ1) is 16.5. The number of aryl methyl sites for hydroxylation is 1. The minimum absolute atomic E-state index is 0.0394. The van der Waals surface area contributed by atoms with Crippen molar-refractivity contribution in [3.05, 3.63) is 21.9 Å². The summed E-state index contributed by atoms with van der Waals surface area (Å²) in [5, 5.41) is 13.2. The Balaban J connectivity index is 1.81. The highest BCUT2D eigenvalue weighted by atomic mass is 32.1. The van der Waals surface area contributed by atoms with Gasteiger partial charge in [0.1, 0.15) is 0 Å². The lowest BCUT2D eigenvalue weighted by atomic mass is 9.97. The summed E-state index contributed by atoms with van der Waals surface area (Å²) >= 11 is 1.75. The minimum atomic E-state index is -0.749. The number of nitrogens with one attached hydrogen (secondary N) is 1. The summed E-state index contributed by atoms with van der Waals surface area (Å²) in [7, 11) is 0. The molecule has 2 N–H and O–H groups in total. The van der Waals surface area contributed by atoms with Crippen molar-refractivity contribution in [2.45, 2.75) is 58.2 Å². The van der Waals surface area contributed by atoms with Gasteiger partial charge in [-0.05, 0) is 51.8 Å². The second-order valence-corrected chi connectivity index (χ2v) is 7.53. The van der Waals surface area contributed by atoms with Crippen LogP contribution in [0.1, 0.15) is 43.4 Å². The molecule has 2 rings (SSSR count). The zero-order valence-electron chi connectivity index (χ0n) is 13.2. The van der Waals surface area contributed by atoms with Crippen LogP contribution in [-0.2, 0) is 17.8 Å². The average molecular weight is 310 g/mol. The summed E-state index contributed by atoms with van der Waals surface area (Å²) in [6.45, 7) is 7.65. The van der Waals surface area contributed by atoms with E-state index < -0.39 is 5.60 Å². The van der Waals surface area contributed by atoms with E-state index in [4.69, 9.17) is 0 Å². The smallest absolute Gasteiger partial charge is 0.234 e. The maximum atomic E-state index is 12.1. The first-order valence-electron chi connectivity index (χ1n) is 7.71. The maximum Gasteiger partial charge on any atom is 0.234 e. The summed E-state index contributed by atoms with van der Waals surface area (Å²) in [6.07, 6.45) is 3.05. The number of thiophene rings is 1. The van der Waals surface area contributed by atoms with E-state index in [1.165, 1.54) is 9.75 Å². The van der Waals surface area contributed by atoms with Crippen LogP contribution in [0.25, 0.3) is 0 Å². The van der Waals surface area contributed by atoms with Crippen LogP contribution in [0.5, 0.6) is 0 Å². The molecule has 1 aliphatic heterocycles. The van der Waals surface area contributed by atoms with E-state index in [0.29, 0.717) is 13.1 Å². The molecule has 21 heavy (non-hydrogen) atoms. The van der Waals surface area contributed by atoms with Crippen molar-refractivity contribution in [2.75, 3.05) is 13.1 Å². The molecule has 1 aromatic rings. The number of likely N-dealkylation sites (tertiary alicyclic amines) is 1. The Bertz CT molecular complexity index is 479. The third-order valence-electron chi connectivity index (χ3n) is 4.05. The highest BCUT2D eigenvalue weighted by Crippen LogP contribution is 2.26. The molecule has 1 fully saturated rings. The Labute approximate surface area is 131 Å². The van der Waals surface area contributed by atoms with Gasteiger partial charge in [0.25, 0.3) is 0 Å². The zero-order valence-corrected chi connectivity index (χ0v) is 14.0. The predicted molar refractivity (Wildman–Crippen MR) is 86.4 cm³/mol. The molecule has 1 unspecified atom stereocenters. The fourth-order valence-electron chi connectivity index (χ4n) is 2.95. The van der Waals surface area contributed by atoms with Crippen molar-refractivity contribution in [3.8, 4) is 0 Å². The Hall–Kier alpha value is -0.910. The molecule has 0 aliphatic carbocycles. The lowest BCUT2D eigenvalue weighted by Gasteiger charge is -2.33. The van der Waals surface area contributed by atoms with Crippen LogP contribution in [0.15, 0.2) is 12.1 Å². The number of aliphatic hydroxyl groups is 1. The first-order valence-corrected chi connectivity index (χ1v) is 8.52. The van der Waals surface area contributed by atoms with E-state index in [2.05, 4.69) is 29.3 Å². The third kappa shape index (κ3) is 4.53. The van der Waals surface area contributed by atoms with Gasteiger partial charge in [-0.15, -0.1) is 11.3 Å². The predicted octanol–water partition coefficient (Wildman–Crippen LogP) is 2.16. The number of carbonyl (C=O) groups excluding carboxylic acids is 1. The molecule has 1 aromatic heterocycles. The van der Waals surface area contributed by atoms with Gasteiger partial charge in [-0.1, -0.05) is 6.92 Å². The molecule has 2 heterocycles. The normalized spacial score (nSPS) is 19.9. The molecule has 118 valence electrons. The number of carbonyl (C=O) groups is 1. The van der Waals surface area contributed by atoms with E-state index in [0.717, 1.165) is 25.8 Å². The second-order valence-electron chi connectivity index (χ2n) is 6.28. The fraction of sp³-hybridized carbons (Fsp3) is 0.688. The van der Waals surface area contributed by atoms with Gasteiger partial charge in [0.15, 0.2) is 0 Å². The molecule has 5 heteroatoms. The van der Waals surface area contributed by atoms with Crippen molar-refractivity contribution in [2.24, 2.45) is 0 Å². The molecule has 0 aromatic carbocycles. The van der Waals surface area contributed by atoms with Crippen molar-refractivity contribution in [1.29, 1.82) is 0 Å². The zero-order chi connectivity index (χ0) is 15.5. The molecule has 1 saturated heterocycles. The maximum absolute atomic E-state index is 12.1. The number of hydrogen-bond donors (Lipinski definition) is 2. The molecule has 1 atom stereocenters. The highest BCUT2D eigenvalue weighted by Gasteiger charge is 2.36. The molecule has 1 amide bonds. The Kier molecular flexibility index (Phi) is 5.41. The van der Waals surface area contributed by atoms with Gasteiger partial charge < -0.3 is 10.4 Å². The van der Waals surface area contributed by atoms with E-state index in [9.17, 15) is 9.90 Å². The van der Waals surface area contributed by atoms with E-state index in [1.807, 2.05) is 13.8 Å². The lowest BCUT2D eigenvalue weighted by molar-refractivity contribution is -0.123. The second kappa shape index (κ2) is 6.90. The molecule has 0 saturated carbocycles. The number of amides is 1. The van der Waals surface area contributed by atoms with Gasteiger partial charge in [0.05, 0.1) is 18.7 Å². The van der Waals surface area contributed by atoms with Crippen LogP contribution in [0, 0.1) is 0 Å². The van der Waals surface area contributed by atoms with Crippen molar-refractivity contribution in [1.82, 2.24) is 10.2 Å². The lowest BCUT2D eigenvalue weighted by Crippen LogP contribution is -2.48. The molecule has 0 bridgehead atoms. The van der Waals surface area contributed by atoms with Gasteiger partial charge in [-0.25, -0.2) is 0 Å². The number of hydrogen-bond acceptors (Lipinski definition) is 4. The van der Waals surface area contributed by atoms with Gasteiger partial charge in [-0.3, -0.25) is 9.69 Å². The first-order chi connectivity index (χ1) is 9.90. The molecule has 4 nitrogen and oxygen atoms in total. The van der Waals surface area contributed by atoms with Crippen LogP contribution in [0.2, 0.25) is 0 Å². The van der Waals surface area contributed by atoms with Gasteiger partial charge in [-0.2, -0.15) is 0 Å². The topological polar surface area (TPSA) is 52.6 Å². The van der Waals surface area contributed by atoms with Crippen LogP contribution in [-0.4, -0.2) is 40.6 Å². The Morgan fingerprint density at radius 2 is 2.19 bits per heavy atom. The minimum Gasteiger partial charge on any atom is -0.389 e. The Morgan fingerprint density at radius 3 is 2.81 bits per heavy atom. The third-order valence-corrected chi connectivity index (χ3v) is 5.28. The van der Waals surface area contributed by atoms with Crippen LogP contribution >= 0.6 is 11.3 Å². The quantitative estimate of drug-likeness (QED) is 0.846. The number of rotatable bonds is 6. The van der Waals surface area contributed by atoms with E-state index in [-0.39, 0.29) is 11.9 Å². The summed E-state index contributed by atoms with van der Waals surface area (Å²) in [4.78, 5) is 16.7. The largest absolute Gasteiger partial charge is 0.389 e. The Morgan fingerprint density at radius 1 is 1.48 bits per heavy atom. The SMILES string of the molecule is CCc1ccc(CNC(=O)CN2CCCC2C(C)(C)O)s1. The fourth-order valence-corrected chi connectivity index (χ4v) is 3.85. The van der Waals surface area contributed by atoms with E-state index in [1.54, 1.807) is 11.3 Å². The molecule has 0 spiro atoms. The van der Waals surface area contributed by atoms with Crippen LogP contribution in [0.3, 0.4) is 0 Å². The highest BCUT2D eigenvalue weighted by molar-refractivity contribution is 7.11. The summed E-state index contributed by atoms with van der Waals surface area (Å²) in [5.41, 5.74) is -0.749. The average Bonchev–Trinajstić information content (AvgIpc) is 3.03. The molecular weight excluding hydrogens is 284 g/mol. The van der Waals surface area contributed by atoms with Crippen molar-refractivity contribution in [3.63, 3.8) is 0 Å². The monoisotopic (exact) mass is 310 g/mol. The standard InChI is InChI=1S/C16H26N2O2S/c1-4-12-7-8-13(21-12)10-17-15(19)11-18-9-5-6-14(18)16(2,3)20/h7-8,14,20H,4-6,9-11H2,1-3H3,(H,17,19). The van der Waals surface area contributed by atoms with Crippen LogP contribution in [0.4, 0.5) is 0 Å². The molecule has 0 radical (unpaired) electrons. The van der Waals surface area contributed by atoms with Crippen LogP contribution < -0.4 is 5.32 Å². The molecular formula is C16H26N2O2S. The van der Waals surface area contributed by atoms with Gasteiger partial charge >= 0.3 is 0 Å². The number of nitrogens with zero attached hydrogens (tertiary/aromatic N) is 1. The summed E-state index contributed by atoms with van der Waals surface area (Å²) in [5.74, 6) is 0.0394.